The van der Waals surface area contributed by atoms with Gasteiger partial charge in [-0.05, 0) is 30.9 Å². The number of halogens is 1. The van der Waals surface area contributed by atoms with Gasteiger partial charge in [0.05, 0.1) is 5.92 Å². The Hall–Kier alpha value is -1.56. The first-order chi connectivity index (χ1) is 9.49. The molecule has 1 aromatic rings. The number of carbonyl (C=O) groups excluding carboxylic acids is 1. The second-order valence-electron chi connectivity index (χ2n) is 4.38. The van der Waals surface area contributed by atoms with Crippen molar-refractivity contribution in [3.8, 4) is 0 Å². The summed E-state index contributed by atoms with van der Waals surface area (Å²) >= 11 is 1.22. The van der Waals surface area contributed by atoms with Crippen LogP contribution in [0.3, 0.4) is 0 Å². The van der Waals surface area contributed by atoms with Crippen LogP contribution in [0.15, 0.2) is 23.1 Å². The molecule has 1 aromatic carbocycles. The number of carboxylic acids is 1. The van der Waals surface area contributed by atoms with Gasteiger partial charge in [-0.25, -0.2) is 4.39 Å². The van der Waals surface area contributed by atoms with Crippen molar-refractivity contribution in [3.63, 3.8) is 0 Å². The summed E-state index contributed by atoms with van der Waals surface area (Å²) in [5, 5.41) is 11.6. The fraction of sp³-hybridized carbons (Fsp3) is 0.429. The normalized spacial score (nSPS) is 11.9. The van der Waals surface area contributed by atoms with Crippen LogP contribution in [-0.2, 0) is 4.79 Å². The predicted molar refractivity (Wildman–Crippen MR) is 76.5 cm³/mol. The highest BCUT2D eigenvalue weighted by Crippen LogP contribution is 2.20. The molecule has 20 heavy (non-hydrogen) atoms. The molecule has 1 atom stereocenters. The van der Waals surface area contributed by atoms with E-state index in [0.717, 1.165) is 6.42 Å². The zero-order chi connectivity index (χ0) is 15.1. The molecule has 4 nitrogen and oxygen atoms in total. The fourth-order valence-electron chi connectivity index (χ4n) is 1.78. The Morgan fingerprint density at radius 1 is 1.45 bits per heavy atom. The van der Waals surface area contributed by atoms with Crippen molar-refractivity contribution in [1.29, 1.82) is 0 Å². The lowest BCUT2D eigenvalue weighted by Crippen LogP contribution is -2.32. The number of hydrogen-bond acceptors (Lipinski definition) is 3. The summed E-state index contributed by atoms with van der Waals surface area (Å²) in [6, 6.07) is 4.09. The van der Waals surface area contributed by atoms with Gasteiger partial charge in [0.25, 0.3) is 5.91 Å². The van der Waals surface area contributed by atoms with Gasteiger partial charge in [-0.15, -0.1) is 11.8 Å². The molecule has 0 aromatic heterocycles. The van der Waals surface area contributed by atoms with Crippen LogP contribution in [0.2, 0.25) is 0 Å². The Morgan fingerprint density at radius 3 is 2.70 bits per heavy atom. The highest BCUT2D eigenvalue weighted by molar-refractivity contribution is 7.98. The summed E-state index contributed by atoms with van der Waals surface area (Å²) in [4.78, 5) is 23.3. The van der Waals surface area contributed by atoms with Crippen molar-refractivity contribution >= 4 is 23.6 Å². The van der Waals surface area contributed by atoms with Gasteiger partial charge in [0.15, 0.2) is 0 Å². The Labute approximate surface area is 121 Å². The summed E-state index contributed by atoms with van der Waals surface area (Å²) in [7, 11) is 0. The first-order valence-corrected chi connectivity index (χ1v) is 7.56. The van der Waals surface area contributed by atoms with Gasteiger partial charge < -0.3 is 10.4 Å². The number of carboxylic acid groups (broad SMARTS) is 1. The molecule has 1 amide bonds. The molecule has 0 aliphatic heterocycles. The number of aliphatic carboxylic acids is 1. The first-order valence-electron chi connectivity index (χ1n) is 6.34. The molecule has 0 fully saturated rings. The standard InChI is InChI=1S/C14H18FNO3S/c1-3-4-10(14(18)19)8-16-13(17)9-5-6-11(15)12(7-9)20-2/h5-7,10H,3-4,8H2,1-2H3,(H,16,17)(H,18,19). The summed E-state index contributed by atoms with van der Waals surface area (Å²) in [5.41, 5.74) is 0.330. The van der Waals surface area contributed by atoms with E-state index >= 15 is 0 Å². The van der Waals surface area contributed by atoms with E-state index in [1.54, 1.807) is 6.26 Å². The van der Waals surface area contributed by atoms with Crippen molar-refractivity contribution in [1.82, 2.24) is 5.32 Å². The summed E-state index contributed by atoms with van der Waals surface area (Å²) in [6.45, 7) is 1.97. The fourth-order valence-corrected chi connectivity index (χ4v) is 2.29. The Kier molecular flexibility index (Phi) is 6.51. The molecule has 0 radical (unpaired) electrons. The van der Waals surface area contributed by atoms with E-state index < -0.39 is 11.9 Å². The van der Waals surface area contributed by atoms with Crippen LogP contribution in [0, 0.1) is 11.7 Å². The third-order valence-corrected chi connectivity index (χ3v) is 3.66. The predicted octanol–water partition coefficient (Wildman–Crippen LogP) is 2.78. The van der Waals surface area contributed by atoms with Crippen LogP contribution in [-0.4, -0.2) is 29.8 Å². The van der Waals surface area contributed by atoms with E-state index in [-0.39, 0.29) is 18.3 Å². The minimum absolute atomic E-state index is 0.0774. The van der Waals surface area contributed by atoms with Crippen molar-refractivity contribution < 1.29 is 19.1 Å². The number of nitrogens with one attached hydrogen (secondary N) is 1. The molecule has 2 N–H and O–H groups in total. The van der Waals surface area contributed by atoms with Gasteiger partial charge in [0.1, 0.15) is 5.82 Å². The van der Waals surface area contributed by atoms with Gasteiger partial charge in [-0.1, -0.05) is 13.3 Å². The quantitative estimate of drug-likeness (QED) is 0.760. The van der Waals surface area contributed by atoms with E-state index in [4.69, 9.17) is 5.11 Å². The number of carbonyl (C=O) groups is 2. The number of hydrogen-bond donors (Lipinski definition) is 2. The van der Waals surface area contributed by atoms with E-state index in [9.17, 15) is 14.0 Å². The second-order valence-corrected chi connectivity index (χ2v) is 5.23. The number of thioether (sulfide) groups is 1. The zero-order valence-corrected chi connectivity index (χ0v) is 12.3. The first kappa shape index (κ1) is 16.5. The van der Waals surface area contributed by atoms with Crippen LogP contribution in [0.5, 0.6) is 0 Å². The molecule has 0 bridgehead atoms. The van der Waals surface area contributed by atoms with E-state index in [0.29, 0.717) is 16.9 Å². The zero-order valence-electron chi connectivity index (χ0n) is 11.5. The van der Waals surface area contributed by atoms with Crippen LogP contribution in [0.4, 0.5) is 4.39 Å². The molecular weight excluding hydrogens is 281 g/mol. The van der Waals surface area contributed by atoms with Gasteiger partial charge in [-0.2, -0.15) is 0 Å². The summed E-state index contributed by atoms with van der Waals surface area (Å²) < 4.78 is 13.3. The minimum Gasteiger partial charge on any atom is -0.481 e. The van der Waals surface area contributed by atoms with Crippen molar-refractivity contribution in [2.45, 2.75) is 24.7 Å². The number of benzene rings is 1. The third kappa shape index (κ3) is 4.52. The third-order valence-electron chi connectivity index (χ3n) is 2.91. The molecule has 1 rings (SSSR count). The van der Waals surface area contributed by atoms with Crippen LogP contribution >= 0.6 is 11.8 Å². The summed E-state index contributed by atoms with van der Waals surface area (Å²) in [5.74, 6) is -2.27. The highest BCUT2D eigenvalue weighted by atomic mass is 32.2. The molecule has 1 unspecified atom stereocenters. The average molecular weight is 299 g/mol. The van der Waals surface area contributed by atoms with Gasteiger partial charge in [0.2, 0.25) is 0 Å². The van der Waals surface area contributed by atoms with Crippen molar-refractivity contribution in [2.75, 3.05) is 12.8 Å². The Balaban J connectivity index is 2.69. The van der Waals surface area contributed by atoms with Crippen LogP contribution < -0.4 is 5.32 Å². The lowest BCUT2D eigenvalue weighted by atomic mass is 10.0. The molecular formula is C14H18FNO3S. The Bertz CT molecular complexity index is 493. The molecule has 0 spiro atoms. The van der Waals surface area contributed by atoms with Gasteiger partial charge >= 0.3 is 5.97 Å². The smallest absolute Gasteiger partial charge is 0.308 e. The SMILES string of the molecule is CCCC(CNC(=O)c1ccc(F)c(SC)c1)C(=O)O. The molecule has 0 saturated heterocycles. The van der Waals surface area contributed by atoms with Crippen molar-refractivity contribution in [2.24, 2.45) is 5.92 Å². The molecule has 6 heteroatoms. The van der Waals surface area contributed by atoms with Crippen molar-refractivity contribution in [3.05, 3.63) is 29.6 Å². The lowest BCUT2D eigenvalue weighted by Gasteiger charge is -2.12. The number of rotatable bonds is 7. The minimum atomic E-state index is -0.920. The molecule has 0 aliphatic rings. The molecule has 0 aliphatic carbocycles. The van der Waals surface area contributed by atoms with Crippen LogP contribution in [0.1, 0.15) is 30.1 Å². The molecule has 0 saturated carbocycles. The van der Waals surface area contributed by atoms with E-state index in [1.165, 1.54) is 30.0 Å². The average Bonchev–Trinajstić information content (AvgIpc) is 2.43. The van der Waals surface area contributed by atoms with E-state index in [2.05, 4.69) is 5.32 Å². The monoisotopic (exact) mass is 299 g/mol. The maximum absolute atomic E-state index is 13.3. The second kappa shape index (κ2) is 7.89. The molecule has 0 heterocycles. The number of amides is 1. The topological polar surface area (TPSA) is 66.4 Å². The Morgan fingerprint density at radius 2 is 2.15 bits per heavy atom. The van der Waals surface area contributed by atoms with Crippen LogP contribution in [0.25, 0.3) is 0 Å². The lowest BCUT2D eigenvalue weighted by molar-refractivity contribution is -0.141. The molecule has 110 valence electrons. The van der Waals surface area contributed by atoms with Gasteiger partial charge in [-0.3, -0.25) is 9.59 Å². The highest BCUT2D eigenvalue weighted by Gasteiger charge is 2.18. The van der Waals surface area contributed by atoms with Gasteiger partial charge in [0, 0.05) is 17.0 Å². The largest absolute Gasteiger partial charge is 0.481 e. The summed E-state index contributed by atoms with van der Waals surface area (Å²) in [6.07, 6.45) is 2.97. The van der Waals surface area contributed by atoms with E-state index in [1.807, 2.05) is 6.92 Å². The maximum atomic E-state index is 13.3. The maximum Gasteiger partial charge on any atom is 0.308 e.